The van der Waals surface area contributed by atoms with E-state index in [-0.39, 0.29) is 36.0 Å². The van der Waals surface area contributed by atoms with Gasteiger partial charge in [-0.1, -0.05) is 30.3 Å². The molecule has 1 N–H and O–H groups in total. The van der Waals surface area contributed by atoms with Crippen LogP contribution in [0.3, 0.4) is 0 Å². The van der Waals surface area contributed by atoms with Gasteiger partial charge in [0.25, 0.3) is 0 Å². The van der Waals surface area contributed by atoms with Gasteiger partial charge in [-0.05, 0) is 36.7 Å². The first-order valence-corrected chi connectivity index (χ1v) is 7.65. The summed E-state index contributed by atoms with van der Waals surface area (Å²) in [7, 11) is 1.43. The van der Waals surface area contributed by atoms with E-state index in [0.29, 0.717) is 0 Å². The van der Waals surface area contributed by atoms with Crippen molar-refractivity contribution in [3.63, 3.8) is 0 Å². The van der Waals surface area contributed by atoms with Gasteiger partial charge in [-0.2, -0.15) is 0 Å². The number of esters is 1. The SMILES string of the molecule is COC(=O)C1CC2(CC(NC(=O)OCc3ccccc3)C2)C1. The molecule has 0 aromatic heterocycles. The molecule has 2 aliphatic rings. The van der Waals surface area contributed by atoms with Crippen molar-refractivity contribution in [1.29, 1.82) is 0 Å². The van der Waals surface area contributed by atoms with Gasteiger partial charge in [-0.25, -0.2) is 4.79 Å². The summed E-state index contributed by atoms with van der Waals surface area (Å²) in [5, 5.41) is 2.89. The van der Waals surface area contributed by atoms with Crippen molar-refractivity contribution in [2.45, 2.75) is 38.3 Å². The quantitative estimate of drug-likeness (QED) is 0.869. The van der Waals surface area contributed by atoms with Gasteiger partial charge in [0.05, 0.1) is 13.0 Å². The van der Waals surface area contributed by atoms with Crippen LogP contribution in [0.4, 0.5) is 4.79 Å². The molecule has 5 heteroatoms. The van der Waals surface area contributed by atoms with Crippen molar-refractivity contribution in [2.24, 2.45) is 11.3 Å². The van der Waals surface area contributed by atoms with Crippen molar-refractivity contribution in [3.8, 4) is 0 Å². The molecule has 2 aliphatic carbocycles. The number of ether oxygens (including phenoxy) is 2. The molecule has 0 unspecified atom stereocenters. The second-order valence-electron chi connectivity index (χ2n) is 6.44. The van der Waals surface area contributed by atoms with Crippen LogP contribution in [-0.2, 0) is 20.9 Å². The Morgan fingerprint density at radius 1 is 1.18 bits per heavy atom. The number of hydrogen-bond donors (Lipinski definition) is 1. The van der Waals surface area contributed by atoms with Gasteiger partial charge in [0.15, 0.2) is 0 Å². The van der Waals surface area contributed by atoms with Crippen molar-refractivity contribution in [2.75, 3.05) is 7.11 Å². The van der Waals surface area contributed by atoms with E-state index in [2.05, 4.69) is 5.32 Å². The third kappa shape index (κ3) is 3.08. The van der Waals surface area contributed by atoms with Crippen molar-refractivity contribution < 1.29 is 19.1 Å². The summed E-state index contributed by atoms with van der Waals surface area (Å²) in [4.78, 5) is 23.1. The molecule has 118 valence electrons. The third-order valence-corrected chi connectivity index (χ3v) is 4.79. The van der Waals surface area contributed by atoms with Gasteiger partial charge in [-0.3, -0.25) is 4.79 Å². The Balaban J connectivity index is 1.35. The average molecular weight is 303 g/mol. The molecule has 2 saturated carbocycles. The maximum atomic E-state index is 11.7. The zero-order valence-electron chi connectivity index (χ0n) is 12.7. The number of carbonyl (C=O) groups excluding carboxylic acids is 2. The second-order valence-corrected chi connectivity index (χ2v) is 6.44. The molecule has 5 nitrogen and oxygen atoms in total. The molecule has 22 heavy (non-hydrogen) atoms. The fourth-order valence-electron chi connectivity index (χ4n) is 3.67. The normalized spacial score (nSPS) is 29.1. The first-order chi connectivity index (χ1) is 10.6. The van der Waals surface area contributed by atoms with Gasteiger partial charge in [0.1, 0.15) is 6.61 Å². The second kappa shape index (κ2) is 5.99. The molecule has 3 rings (SSSR count). The molecule has 1 aromatic carbocycles. The Morgan fingerprint density at radius 3 is 2.50 bits per heavy atom. The van der Waals surface area contributed by atoms with Crippen LogP contribution in [0.2, 0.25) is 0 Å². The molecule has 0 bridgehead atoms. The monoisotopic (exact) mass is 303 g/mol. The number of rotatable bonds is 4. The number of carbonyl (C=O) groups is 2. The van der Waals surface area contributed by atoms with Gasteiger partial charge in [0.2, 0.25) is 0 Å². The first-order valence-electron chi connectivity index (χ1n) is 7.65. The van der Waals surface area contributed by atoms with Crippen LogP contribution >= 0.6 is 0 Å². The summed E-state index contributed by atoms with van der Waals surface area (Å²) in [6.45, 7) is 0.287. The highest BCUT2D eigenvalue weighted by Crippen LogP contribution is 2.58. The Bertz CT molecular complexity index is 543. The highest BCUT2D eigenvalue weighted by molar-refractivity contribution is 5.74. The predicted octanol–water partition coefficient (Wildman–Crippen LogP) is 2.64. The summed E-state index contributed by atoms with van der Waals surface area (Å²) in [5.74, 6) is -0.0553. The van der Waals surface area contributed by atoms with E-state index in [1.807, 2.05) is 30.3 Å². The third-order valence-electron chi connectivity index (χ3n) is 4.79. The standard InChI is InChI=1S/C17H21NO4/c1-21-15(19)13-7-17(8-13)9-14(10-17)18-16(20)22-11-12-5-3-2-4-6-12/h2-6,13-14H,7-11H2,1H3,(H,18,20). The maximum Gasteiger partial charge on any atom is 0.407 e. The lowest BCUT2D eigenvalue weighted by molar-refractivity contribution is -0.159. The van der Waals surface area contributed by atoms with Crippen LogP contribution in [-0.4, -0.2) is 25.2 Å². The number of benzene rings is 1. The molecule has 0 radical (unpaired) electrons. The lowest BCUT2D eigenvalue weighted by Crippen LogP contribution is -2.57. The van der Waals surface area contributed by atoms with Crippen LogP contribution in [0, 0.1) is 11.3 Å². The summed E-state index contributed by atoms with van der Waals surface area (Å²) in [5.41, 5.74) is 1.22. The highest BCUT2D eigenvalue weighted by atomic mass is 16.5. The minimum atomic E-state index is -0.368. The van der Waals surface area contributed by atoms with Gasteiger partial charge < -0.3 is 14.8 Å². The van der Waals surface area contributed by atoms with Crippen LogP contribution in [0.15, 0.2) is 30.3 Å². The molecule has 0 aliphatic heterocycles. The molecule has 2 fully saturated rings. The molecule has 1 amide bonds. The maximum absolute atomic E-state index is 11.7. The van der Waals surface area contributed by atoms with Crippen LogP contribution in [0.25, 0.3) is 0 Å². The van der Waals surface area contributed by atoms with Crippen LogP contribution < -0.4 is 5.32 Å². The first kappa shape index (κ1) is 14.9. The fraction of sp³-hybridized carbons (Fsp3) is 0.529. The summed E-state index contributed by atoms with van der Waals surface area (Å²) >= 11 is 0. The van der Waals surface area contributed by atoms with Crippen LogP contribution in [0.1, 0.15) is 31.2 Å². The van der Waals surface area contributed by atoms with E-state index in [9.17, 15) is 9.59 Å². The van der Waals surface area contributed by atoms with E-state index in [1.54, 1.807) is 0 Å². The van der Waals surface area contributed by atoms with E-state index in [4.69, 9.17) is 9.47 Å². The smallest absolute Gasteiger partial charge is 0.407 e. The highest BCUT2D eigenvalue weighted by Gasteiger charge is 2.55. The summed E-state index contributed by atoms with van der Waals surface area (Å²) in [6, 6.07) is 9.78. The van der Waals surface area contributed by atoms with Gasteiger partial charge in [-0.15, -0.1) is 0 Å². The molecular weight excluding hydrogens is 282 g/mol. The zero-order chi connectivity index (χ0) is 15.6. The minimum absolute atomic E-state index is 0.0518. The van der Waals surface area contributed by atoms with Crippen molar-refractivity contribution >= 4 is 12.1 Å². The topological polar surface area (TPSA) is 64.6 Å². The molecule has 0 saturated heterocycles. The Hall–Kier alpha value is -2.04. The number of nitrogens with one attached hydrogen (secondary N) is 1. The molecule has 1 spiro atoms. The van der Waals surface area contributed by atoms with E-state index in [1.165, 1.54) is 7.11 Å². The average Bonchev–Trinajstić information content (AvgIpc) is 2.46. The predicted molar refractivity (Wildman–Crippen MR) is 80.0 cm³/mol. The lowest BCUT2D eigenvalue weighted by atomic mass is 9.50. The molecule has 0 atom stereocenters. The summed E-state index contributed by atoms with van der Waals surface area (Å²) < 4.78 is 9.96. The largest absolute Gasteiger partial charge is 0.469 e. The number of hydrogen-bond acceptors (Lipinski definition) is 4. The number of alkyl carbamates (subject to hydrolysis) is 1. The zero-order valence-corrected chi connectivity index (χ0v) is 12.7. The van der Waals surface area contributed by atoms with E-state index in [0.717, 1.165) is 31.2 Å². The fourth-order valence-corrected chi connectivity index (χ4v) is 3.67. The molecule has 1 aromatic rings. The van der Waals surface area contributed by atoms with Crippen molar-refractivity contribution in [3.05, 3.63) is 35.9 Å². The summed E-state index contributed by atoms with van der Waals surface area (Å²) in [6.07, 6.45) is 3.27. The van der Waals surface area contributed by atoms with E-state index >= 15 is 0 Å². The molecular formula is C17H21NO4. The lowest BCUT2D eigenvalue weighted by Gasteiger charge is -2.56. The minimum Gasteiger partial charge on any atom is -0.469 e. The Kier molecular flexibility index (Phi) is 4.05. The van der Waals surface area contributed by atoms with Gasteiger partial charge in [0, 0.05) is 6.04 Å². The Morgan fingerprint density at radius 2 is 1.86 bits per heavy atom. The van der Waals surface area contributed by atoms with E-state index < -0.39 is 0 Å². The van der Waals surface area contributed by atoms with Crippen molar-refractivity contribution in [1.82, 2.24) is 5.32 Å². The Labute approximate surface area is 130 Å². The number of amides is 1. The molecule has 0 heterocycles. The van der Waals surface area contributed by atoms with Crippen LogP contribution in [0.5, 0.6) is 0 Å². The van der Waals surface area contributed by atoms with Gasteiger partial charge >= 0.3 is 12.1 Å². The number of methoxy groups -OCH3 is 1.